The maximum absolute atomic E-state index is 14.5. The van der Waals surface area contributed by atoms with Crippen molar-refractivity contribution in [3.05, 3.63) is 70.3 Å². The largest absolute Gasteiger partial charge is 0.507 e. The van der Waals surface area contributed by atoms with Gasteiger partial charge in [0.2, 0.25) is 5.78 Å². The van der Waals surface area contributed by atoms with E-state index in [4.69, 9.17) is 28.4 Å². The summed E-state index contributed by atoms with van der Waals surface area (Å²) in [6.07, 6.45) is -0.987. The van der Waals surface area contributed by atoms with Gasteiger partial charge in [-0.25, -0.2) is 0 Å². The minimum Gasteiger partial charge on any atom is -0.507 e. The van der Waals surface area contributed by atoms with Crippen molar-refractivity contribution in [3.8, 4) is 34.5 Å². The van der Waals surface area contributed by atoms with E-state index in [1.165, 1.54) is 7.11 Å². The van der Waals surface area contributed by atoms with Crippen molar-refractivity contribution < 1.29 is 38.3 Å². The molecule has 1 heterocycles. The highest BCUT2D eigenvalue weighted by molar-refractivity contribution is 6.13. The molecule has 1 N–H and O–H groups in total. The van der Waals surface area contributed by atoms with Crippen LogP contribution in [0.5, 0.6) is 34.5 Å². The molecule has 2 atom stereocenters. The van der Waals surface area contributed by atoms with Crippen LogP contribution in [-0.4, -0.2) is 45.1 Å². The lowest BCUT2D eigenvalue weighted by Gasteiger charge is -2.50. The predicted molar refractivity (Wildman–Crippen MR) is 173 cm³/mol. The van der Waals surface area contributed by atoms with E-state index in [0.29, 0.717) is 44.9 Å². The fourth-order valence-electron chi connectivity index (χ4n) is 7.32. The summed E-state index contributed by atoms with van der Waals surface area (Å²) >= 11 is 0. The molecular weight excluding hydrogens is 572 g/mol. The van der Waals surface area contributed by atoms with Crippen molar-refractivity contribution in [1.82, 2.24) is 0 Å². The van der Waals surface area contributed by atoms with Crippen LogP contribution in [0.3, 0.4) is 0 Å². The number of aromatic hydroxyl groups is 1. The van der Waals surface area contributed by atoms with E-state index < -0.39 is 17.3 Å². The number of phenols is 1. The average Bonchev–Trinajstić information content (AvgIpc) is 3.03. The van der Waals surface area contributed by atoms with E-state index in [2.05, 4.69) is 6.07 Å². The first-order valence-corrected chi connectivity index (χ1v) is 14.8. The maximum atomic E-state index is 14.5. The third-order valence-electron chi connectivity index (χ3n) is 9.76. The number of ketones is 1. The Kier molecular flexibility index (Phi) is 6.23. The van der Waals surface area contributed by atoms with Gasteiger partial charge in [0.25, 0.3) is 0 Å². The number of hydrogen-bond acceptors (Lipinski definition) is 8. The molecule has 2 aliphatic rings. The van der Waals surface area contributed by atoms with Crippen LogP contribution in [0, 0.1) is 20.8 Å². The molecule has 7 rings (SSSR count). The second-order valence-corrected chi connectivity index (χ2v) is 12.5. The fraction of sp³-hybridized carbons (Fsp3) is 0.324. The van der Waals surface area contributed by atoms with Crippen LogP contribution < -0.4 is 23.7 Å². The summed E-state index contributed by atoms with van der Waals surface area (Å²) in [6, 6.07) is 13.4. The third kappa shape index (κ3) is 3.72. The van der Waals surface area contributed by atoms with E-state index in [-0.39, 0.29) is 11.5 Å². The van der Waals surface area contributed by atoms with Gasteiger partial charge >= 0.3 is 5.79 Å². The normalized spacial score (nSPS) is 19.8. The Balaban J connectivity index is 1.56. The lowest BCUT2D eigenvalue weighted by molar-refractivity contribution is -0.233. The molecule has 1 aliphatic carbocycles. The Morgan fingerprint density at radius 2 is 1.29 bits per heavy atom. The van der Waals surface area contributed by atoms with E-state index in [1.54, 1.807) is 27.4 Å². The van der Waals surface area contributed by atoms with Crippen molar-refractivity contribution >= 4 is 38.1 Å². The molecule has 1 aliphatic heterocycles. The number of benzene rings is 5. The molecule has 8 heteroatoms. The zero-order valence-electron chi connectivity index (χ0n) is 26.9. The van der Waals surface area contributed by atoms with Gasteiger partial charge in [-0.2, -0.15) is 0 Å². The smallest absolute Gasteiger partial charge is 0.313 e. The molecule has 45 heavy (non-hydrogen) atoms. The number of aryl methyl sites for hydroxylation is 3. The van der Waals surface area contributed by atoms with Gasteiger partial charge in [-0.1, -0.05) is 0 Å². The molecule has 0 saturated carbocycles. The summed E-state index contributed by atoms with van der Waals surface area (Å²) in [5.74, 6) is 0.974. The zero-order valence-corrected chi connectivity index (χ0v) is 26.9. The highest BCUT2D eigenvalue weighted by Gasteiger charge is 2.64. The standard InChI is InChI=1S/C37H36O8/c1-17-10-23-25(15-29(17)41-7)32-26(16-27(23)38)36(4,5)35(39)37(43-9)34(32)44-31-14-21-20(19(3)33(31)45-37)12-30(42-8)24-11-18(2)28(40-6)13-22(21)24/h10-16,34,38H,1-9H3/t34-,37-/m1/s1. The molecule has 8 nitrogen and oxygen atoms in total. The zero-order chi connectivity index (χ0) is 32.2. The molecule has 232 valence electrons. The first kappa shape index (κ1) is 29.0. The molecule has 5 aromatic carbocycles. The van der Waals surface area contributed by atoms with Crippen molar-refractivity contribution in [2.24, 2.45) is 0 Å². The molecular formula is C37H36O8. The molecule has 0 bridgehead atoms. The highest BCUT2D eigenvalue weighted by atomic mass is 16.7. The lowest BCUT2D eigenvalue weighted by atomic mass is 9.66. The number of ether oxygens (including phenoxy) is 6. The first-order valence-electron chi connectivity index (χ1n) is 14.8. The monoisotopic (exact) mass is 608 g/mol. The van der Waals surface area contributed by atoms with Crippen LogP contribution in [0.1, 0.15) is 47.8 Å². The van der Waals surface area contributed by atoms with Crippen LogP contribution >= 0.6 is 0 Å². The van der Waals surface area contributed by atoms with Gasteiger partial charge in [0.15, 0.2) is 17.6 Å². The van der Waals surface area contributed by atoms with Gasteiger partial charge in [0, 0.05) is 29.0 Å². The van der Waals surface area contributed by atoms with Crippen molar-refractivity contribution in [2.45, 2.75) is 51.9 Å². The molecule has 0 aromatic heterocycles. The quantitative estimate of drug-likeness (QED) is 0.210. The van der Waals surface area contributed by atoms with Gasteiger partial charge in [0.1, 0.15) is 23.0 Å². The van der Waals surface area contributed by atoms with Crippen molar-refractivity contribution in [1.29, 1.82) is 0 Å². The Labute approximate surface area is 261 Å². The summed E-state index contributed by atoms with van der Waals surface area (Å²) in [6.45, 7) is 9.50. The summed E-state index contributed by atoms with van der Waals surface area (Å²) < 4.78 is 36.9. The van der Waals surface area contributed by atoms with Gasteiger partial charge < -0.3 is 33.5 Å². The number of rotatable bonds is 4. The number of phenolic OH excluding ortho intramolecular Hbond substituents is 1. The van der Waals surface area contributed by atoms with Crippen LogP contribution in [-0.2, 0) is 14.9 Å². The maximum Gasteiger partial charge on any atom is 0.313 e. The Bertz CT molecular complexity index is 2110. The second kappa shape index (κ2) is 9.65. The molecule has 0 amide bonds. The van der Waals surface area contributed by atoms with Crippen LogP contribution in [0.2, 0.25) is 0 Å². The predicted octanol–water partition coefficient (Wildman–Crippen LogP) is 7.52. The molecule has 0 spiro atoms. The number of methoxy groups -OCH3 is 4. The summed E-state index contributed by atoms with van der Waals surface area (Å²) in [5.41, 5.74) is 2.88. The van der Waals surface area contributed by atoms with E-state index in [1.807, 2.05) is 65.0 Å². The molecule has 0 unspecified atom stereocenters. The fourth-order valence-corrected chi connectivity index (χ4v) is 7.32. The Morgan fingerprint density at radius 1 is 0.711 bits per heavy atom. The summed E-state index contributed by atoms with van der Waals surface area (Å²) in [4.78, 5) is 14.5. The first-order chi connectivity index (χ1) is 21.4. The van der Waals surface area contributed by atoms with Crippen molar-refractivity contribution in [2.75, 3.05) is 28.4 Å². The minimum absolute atomic E-state index is 0.0731. The van der Waals surface area contributed by atoms with Crippen LogP contribution in [0.4, 0.5) is 0 Å². The topological polar surface area (TPSA) is 92.7 Å². The number of fused-ring (bicyclic) bond motifs is 9. The summed E-state index contributed by atoms with van der Waals surface area (Å²) in [7, 11) is 6.38. The van der Waals surface area contributed by atoms with Gasteiger partial charge in [-0.05, 0) is 115 Å². The second-order valence-electron chi connectivity index (χ2n) is 12.5. The number of carbonyl (C=O) groups is 1. The number of hydrogen-bond donors (Lipinski definition) is 1. The molecule has 0 saturated heterocycles. The lowest BCUT2D eigenvalue weighted by Crippen LogP contribution is -2.63. The van der Waals surface area contributed by atoms with Crippen LogP contribution in [0.25, 0.3) is 32.3 Å². The van der Waals surface area contributed by atoms with E-state index in [0.717, 1.165) is 44.0 Å². The van der Waals surface area contributed by atoms with Gasteiger partial charge in [-0.3, -0.25) is 4.79 Å². The molecule has 0 radical (unpaired) electrons. The van der Waals surface area contributed by atoms with Crippen molar-refractivity contribution in [3.63, 3.8) is 0 Å². The van der Waals surface area contributed by atoms with E-state index in [9.17, 15) is 9.90 Å². The van der Waals surface area contributed by atoms with Gasteiger partial charge in [-0.15, -0.1) is 0 Å². The summed E-state index contributed by atoms with van der Waals surface area (Å²) in [5, 5.41) is 16.2. The molecule has 5 aromatic rings. The Hall–Kier alpha value is -4.69. The number of carbonyl (C=O) groups excluding carboxylic acids is 1. The van der Waals surface area contributed by atoms with Gasteiger partial charge in [0.05, 0.1) is 26.7 Å². The third-order valence-corrected chi connectivity index (χ3v) is 9.76. The SMILES string of the molecule is COc1cc2c3c(cc(O)c2cc1C)C(C)(C)C(=O)[C@]1(OC)Oc2c(cc4c(cc(OC)c5cc(C)c(OC)cc54)c2C)O[C@H]31. The molecule has 0 fully saturated rings. The minimum atomic E-state index is -1.80. The van der Waals surface area contributed by atoms with Crippen LogP contribution in [0.15, 0.2) is 42.5 Å². The average molecular weight is 609 g/mol. The number of Topliss-reactive ketones (excluding diaryl/α,β-unsaturated/α-hetero) is 1. The Morgan fingerprint density at radius 3 is 1.91 bits per heavy atom. The highest BCUT2D eigenvalue weighted by Crippen LogP contribution is 2.58. The van der Waals surface area contributed by atoms with E-state index >= 15 is 0 Å².